The number of carbonyl (C=O) groups excluding carboxylic acids is 1. The van der Waals surface area contributed by atoms with Gasteiger partial charge in [0.15, 0.2) is 0 Å². The Balaban J connectivity index is 0.00000338. The van der Waals surface area contributed by atoms with Crippen molar-refractivity contribution in [3.63, 3.8) is 0 Å². The Morgan fingerprint density at radius 3 is 2.59 bits per heavy atom. The third kappa shape index (κ3) is 7.61. The molecule has 0 radical (unpaired) electrons. The van der Waals surface area contributed by atoms with Crippen molar-refractivity contribution in [1.82, 2.24) is 9.55 Å². The summed E-state index contributed by atoms with van der Waals surface area (Å²) >= 11 is 0. The van der Waals surface area contributed by atoms with Crippen LogP contribution in [-0.4, -0.2) is 28.7 Å². The predicted molar refractivity (Wildman–Crippen MR) is 83.6 cm³/mol. The van der Waals surface area contributed by atoms with Crippen molar-refractivity contribution in [3.8, 4) is 0 Å². The van der Waals surface area contributed by atoms with E-state index in [1.54, 1.807) is 13.8 Å². The van der Waals surface area contributed by atoms with Crippen LogP contribution in [0.25, 0.3) is 6.20 Å². The number of phosphoric ester groups is 1. The number of esters is 1. The van der Waals surface area contributed by atoms with E-state index in [4.69, 9.17) is 10.5 Å². The molecule has 138 valence electrons. The first-order valence-corrected chi connectivity index (χ1v) is 8.87. The third-order valence-electron chi connectivity index (χ3n) is 3.69. The number of hydrogen-bond donors (Lipinski definition) is 1. The maximum Gasteiger partial charge on any atom is 1.00 e. The zero-order valence-electron chi connectivity index (χ0n) is 15.7. The molecule has 1 aromatic heterocycles. The molecule has 1 saturated carbocycles. The number of phosphoric acid groups is 1. The minimum absolute atomic E-state index is 0. The van der Waals surface area contributed by atoms with Gasteiger partial charge in [0.05, 0.1) is 25.8 Å². The van der Waals surface area contributed by atoms with E-state index in [0.717, 1.165) is 4.57 Å². The molecule has 1 heterocycles. The van der Waals surface area contributed by atoms with E-state index in [1.807, 2.05) is 0 Å². The SMILES string of the molecule is CC(C)C(=O)OC[C@]1(COP(=O)([O-])[O-])C/C1=C/n1ccc(N)nc1=O.[Li+].[Li+]. The number of hydrogen-bond acceptors (Lipinski definition) is 9. The monoisotopic (exact) mass is 385 g/mol. The summed E-state index contributed by atoms with van der Waals surface area (Å²) in [4.78, 5) is 48.5. The van der Waals surface area contributed by atoms with Crippen molar-refractivity contribution in [2.75, 3.05) is 18.9 Å². The van der Waals surface area contributed by atoms with E-state index in [1.165, 1.54) is 18.5 Å². The van der Waals surface area contributed by atoms with Crippen LogP contribution in [0, 0.1) is 11.3 Å². The maximum atomic E-state index is 11.8. The minimum Gasteiger partial charge on any atom is -0.790 e. The van der Waals surface area contributed by atoms with Crippen LogP contribution >= 0.6 is 7.82 Å². The number of ether oxygens (including phenoxy) is 1. The Labute approximate surface area is 180 Å². The van der Waals surface area contributed by atoms with Crippen molar-refractivity contribution in [2.45, 2.75) is 20.3 Å². The summed E-state index contributed by atoms with van der Waals surface area (Å²) < 4.78 is 21.4. The average molecular weight is 385 g/mol. The smallest absolute Gasteiger partial charge is 0.790 e. The molecule has 2 rings (SSSR count). The summed E-state index contributed by atoms with van der Waals surface area (Å²) in [5.74, 6) is -0.767. The second-order valence-electron chi connectivity index (χ2n) is 6.14. The van der Waals surface area contributed by atoms with E-state index in [2.05, 4.69) is 9.51 Å². The summed E-state index contributed by atoms with van der Waals surface area (Å²) in [6.07, 6.45) is 3.13. The van der Waals surface area contributed by atoms with Gasteiger partial charge in [-0.25, -0.2) is 4.79 Å². The van der Waals surface area contributed by atoms with Crippen LogP contribution < -0.4 is 58.9 Å². The van der Waals surface area contributed by atoms with Gasteiger partial charge in [0, 0.05) is 12.4 Å². The first kappa shape index (κ1) is 26.2. The zero-order valence-corrected chi connectivity index (χ0v) is 16.6. The Morgan fingerprint density at radius 1 is 1.44 bits per heavy atom. The molecule has 27 heavy (non-hydrogen) atoms. The van der Waals surface area contributed by atoms with Gasteiger partial charge >= 0.3 is 49.4 Å². The van der Waals surface area contributed by atoms with Gasteiger partial charge in [0.25, 0.3) is 0 Å². The molecule has 0 bridgehead atoms. The van der Waals surface area contributed by atoms with E-state index in [-0.39, 0.29) is 56.1 Å². The van der Waals surface area contributed by atoms with Crippen molar-refractivity contribution in [3.05, 3.63) is 28.3 Å². The number of nitrogens with zero attached hydrogens (tertiary/aromatic N) is 2. The minimum atomic E-state index is -5.18. The van der Waals surface area contributed by atoms with Crippen LogP contribution in [0.2, 0.25) is 0 Å². The van der Waals surface area contributed by atoms with Crippen LogP contribution in [0.15, 0.2) is 22.6 Å². The number of aromatic nitrogens is 2. The van der Waals surface area contributed by atoms with Gasteiger partial charge in [0.1, 0.15) is 12.4 Å². The quantitative estimate of drug-likeness (QED) is 0.273. The fourth-order valence-corrected chi connectivity index (χ4v) is 2.51. The summed E-state index contributed by atoms with van der Waals surface area (Å²) in [6, 6.07) is 1.42. The summed E-state index contributed by atoms with van der Waals surface area (Å²) in [7, 11) is -5.18. The molecule has 13 heteroatoms. The Bertz CT molecular complexity index is 808. The van der Waals surface area contributed by atoms with Gasteiger partial charge < -0.3 is 29.3 Å². The summed E-state index contributed by atoms with van der Waals surface area (Å²) in [5.41, 5.74) is 4.42. The number of nitrogen functional groups attached to an aromatic ring is 1. The Kier molecular flexibility index (Phi) is 9.81. The van der Waals surface area contributed by atoms with Crippen molar-refractivity contribution in [2.24, 2.45) is 11.3 Å². The summed E-state index contributed by atoms with van der Waals surface area (Å²) in [6.45, 7) is 2.68. The normalized spacial score (nSPS) is 20.0. The molecule has 0 unspecified atom stereocenters. The topological polar surface area (TPSA) is 160 Å². The molecule has 0 aromatic carbocycles. The molecule has 2 N–H and O–H groups in total. The second-order valence-corrected chi connectivity index (χ2v) is 7.29. The molecule has 1 fully saturated rings. The van der Waals surface area contributed by atoms with Gasteiger partial charge in [-0.2, -0.15) is 4.98 Å². The second kappa shape index (κ2) is 10.1. The number of carbonyl (C=O) groups is 1. The Hall–Kier alpha value is -0.805. The molecule has 1 aliphatic carbocycles. The van der Waals surface area contributed by atoms with Crippen molar-refractivity contribution in [1.29, 1.82) is 0 Å². The van der Waals surface area contributed by atoms with Gasteiger partial charge in [-0.15, -0.1) is 0 Å². The molecule has 1 atom stereocenters. The molecule has 0 spiro atoms. The van der Waals surface area contributed by atoms with Crippen LogP contribution in [0.4, 0.5) is 5.82 Å². The molecule has 0 aliphatic heterocycles. The first-order chi connectivity index (χ1) is 11.5. The first-order valence-electron chi connectivity index (χ1n) is 7.41. The van der Waals surface area contributed by atoms with E-state index < -0.39 is 31.5 Å². The molecule has 1 aromatic rings. The largest absolute Gasteiger partial charge is 1.00 e. The third-order valence-corrected chi connectivity index (χ3v) is 4.14. The van der Waals surface area contributed by atoms with Gasteiger partial charge in [-0.05, 0) is 18.1 Å². The fraction of sp³-hybridized carbons (Fsp3) is 0.500. The molecule has 1 aliphatic rings. The number of rotatable bonds is 7. The molecular weight excluding hydrogens is 367 g/mol. The van der Waals surface area contributed by atoms with Gasteiger partial charge in [-0.3, -0.25) is 9.36 Å². The van der Waals surface area contributed by atoms with Crippen LogP contribution in [0.1, 0.15) is 20.3 Å². The average Bonchev–Trinajstić information content (AvgIpc) is 3.18. The van der Waals surface area contributed by atoms with Crippen LogP contribution in [-0.2, 0) is 18.6 Å². The summed E-state index contributed by atoms with van der Waals surface area (Å²) in [5, 5.41) is 0. The zero-order chi connectivity index (χ0) is 18.8. The van der Waals surface area contributed by atoms with E-state index in [9.17, 15) is 23.9 Å². The van der Waals surface area contributed by atoms with E-state index >= 15 is 0 Å². The van der Waals surface area contributed by atoms with Crippen molar-refractivity contribution < 1.29 is 66.1 Å². The Morgan fingerprint density at radius 2 is 2.07 bits per heavy atom. The maximum absolute atomic E-state index is 11.8. The fourth-order valence-electron chi connectivity index (χ4n) is 2.10. The molecule has 0 saturated heterocycles. The van der Waals surface area contributed by atoms with E-state index in [0.29, 0.717) is 12.0 Å². The van der Waals surface area contributed by atoms with Crippen molar-refractivity contribution >= 4 is 25.8 Å². The number of nitrogens with two attached hydrogens (primary N) is 1. The van der Waals surface area contributed by atoms with Gasteiger partial charge in [0.2, 0.25) is 0 Å². The van der Waals surface area contributed by atoms with Crippen LogP contribution in [0.5, 0.6) is 0 Å². The van der Waals surface area contributed by atoms with Gasteiger partial charge in [-0.1, -0.05) is 13.8 Å². The molecule has 10 nitrogen and oxygen atoms in total. The molecule has 0 amide bonds. The number of anilines is 1. The standard InChI is InChI=1S/C14H20N3O7P.2Li/c1-9(2)12(18)23-7-14(8-24-25(20,21)22)5-10(14)6-17-4-3-11(15)16-13(17)19;;/h3-4,6,9H,5,7-8H2,1-2H3,(H2,15,16,19)(H2,20,21,22);;/q;2*+1/p-2/b10-6-;;/t14-;;/m0../s1. The predicted octanol–water partition coefficient (Wildman–Crippen LogP) is -6.89. The molecular formula is C14H18Li2N3O7P. The van der Waals surface area contributed by atoms with Crippen LogP contribution in [0.3, 0.4) is 0 Å².